The van der Waals surface area contributed by atoms with Crippen molar-refractivity contribution in [3.8, 4) is 5.75 Å². The molecular formula is C13H20N2O2. The van der Waals surface area contributed by atoms with Gasteiger partial charge in [-0.1, -0.05) is 19.1 Å². The van der Waals surface area contributed by atoms with Crippen LogP contribution >= 0.6 is 0 Å². The Hall–Kier alpha value is -1.55. The van der Waals surface area contributed by atoms with E-state index in [0.717, 1.165) is 30.9 Å². The minimum atomic E-state index is -0.0892. The molecule has 0 aliphatic carbocycles. The Labute approximate surface area is 102 Å². The monoisotopic (exact) mass is 236 g/mol. The maximum absolute atomic E-state index is 11.0. The summed E-state index contributed by atoms with van der Waals surface area (Å²) in [6.45, 7) is 6.12. The molecule has 0 unspecified atom stereocenters. The minimum Gasteiger partial charge on any atom is -0.491 e. The van der Waals surface area contributed by atoms with Crippen LogP contribution in [0, 0.1) is 0 Å². The molecule has 0 saturated carbocycles. The van der Waals surface area contributed by atoms with Gasteiger partial charge in [0.15, 0.2) is 0 Å². The van der Waals surface area contributed by atoms with E-state index in [1.54, 1.807) is 0 Å². The molecule has 1 rings (SSSR count). The Bertz CT molecular complexity index is 353. The zero-order valence-corrected chi connectivity index (χ0v) is 10.5. The van der Waals surface area contributed by atoms with Crippen LogP contribution in [0.4, 0.5) is 5.69 Å². The third-order valence-corrected chi connectivity index (χ3v) is 2.20. The molecule has 94 valence electrons. The van der Waals surface area contributed by atoms with Crippen LogP contribution in [0.1, 0.15) is 20.3 Å². The second-order valence-corrected chi connectivity index (χ2v) is 3.73. The topological polar surface area (TPSA) is 50.4 Å². The number of para-hydroxylation sites is 2. The minimum absolute atomic E-state index is 0.0892. The van der Waals surface area contributed by atoms with E-state index in [1.807, 2.05) is 24.3 Å². The standard InChI is InChI=1S/C13H20N2O2/c1-3-14-9-6-10-17-13-8-5-4-7-12(13)15-11(2)16/h4-5,7-8,14H,3,6,9-10H2,1-2H3,(H,15,16). The lowest BCUT2D eigenvalue weighted by molar-refractivity contribution is -0.114. The molecule has 1 aromatic carbocycles. The number of rotatable bonds is 7. The van der Waals surface area contributed by atoms with Crippen LogP contribution in [0.3, 0.4) is 0 Å². The summed E-state index contributed by atoms with van der Waals surface area (Å²) in [6, 6.07) is 7.46. The van der Waals surface area contributed by atoms with Crippen LogP contribution in [-0.2, 0) is 4.79 Å². The van der Waals surface area contributed by atoms with Gasteiger partial charge in [0.05, 0.1) is 12.3 Å². The van der Waals surface area contributed by atoms with Gasteiger partial charge in [-0.05, 0) is 31.6 Å². The van der Waals surface area contributed by atoms with Gasteiger partial charge in [0.1, 0.15) is 5.75 Å². The number of carbonyl (C=O) groups excluding carboxylic acids is 1. The fourth-order valence-electron chi connectivity index (χ4n) is 1.44. The van der Waals surface area contributed by atoms with E-state index >= 15 is 0 Å². The third-order valence-electron chi connectivity index (χ3n) is 2.20. The molecule has 0 heterocycles. The number of carbonyl (C=O) groups is 1. The van der Waals surface area contributed by atoms with Crippen LogP contribution in [0.5, 0.6) is 5.75 Å². The lowest BCUT2D eigenvalue weighted by Crippen LogP contribution is -2.16. The summed E-state index contributed by atoms with van der Waals surface area (Å²) in [6.07, 6.45) is 0.947. The quantitative estimate of drug-likeness (QED) is 0.712. The summed E-state index contributed by atoms with van der Waals surface area (Å²) in [5.41, 5.74) is 0.725. The summed E-state index contributed by atoms with van der Waals surface area (Å²) >= 11 is 0. The van der Waals surface area contributed by atoms with Crippen molar-refractivity contribution in [3.05, 3.63) is 24.3 Å². The summed E-state index contributed by atoms with van der Waals surface area (Å²) in [5, 5.41) is 5.98. The van der Waals surface area contributed by atoms with E-state index in [1.165, 1.54) is 6.92 Å². The average Bonchev–Trinajstić information content (AvgIpc) is 2.30. The van der Waals surface area contributed by atoms with Gasteiger partial charge in [0.25, 0.3) is 0 Å². The molecule has 0 aromatic heterocycles. The van der Waals surface area contributed by atoms with Crippen LogP contribution in [0.2, 0.25) is 0 Å². The predicted molar refractivity (Wildman–Crippen MR) is 69.4 cm³/mol. The smallest absolute Gasteiger partial charge is 0.221 e. The highest BCUT2D eigenvalue weighted by atomic mass is 16.5. The van der Waals surface area contributed by atoms with E-state index < -0.39 is 0 Å². The fraction of sp³-hybridized carbons (Fsp3) is 0.462. The van der Waals surface area contributed by atoms with E-state index in [-0.39, 0.29) is 5.91 Å². The highest BCUT2D eigenvalue weighted by Crippen LogP contribution is 2.23. The number of amides is 1. The van der Waals surface area contributed by atoms with E-state index in [0.29, 0.717) is 6.61 Å². The van der Waals surface area contributed by atoms with E-state index in [9.17, 15) is 4.79 Å². The van der Waals surface area contributed by atoms with Gasteiger partial charge in [-0.2, -0.15) is 0 Å². The first kappa shape index (κ1) is 13.5. The molecule has 0 aliphatic heterocycles. The summed E-state index contributed by atoms with van der Waals surface area (Å²) in [7, 11) is 0. The van der Waals surface area contributed by atoms with Crippen LogP contribution in [0.25, 0.3) is 0 Å². The van der Waals surface area contributed by atoms with Crippen LogP contribution in [-0.4, -0.2) is 25.6 Å². The van der Waals surface area contributed by atoms with Crippen molar-refractivity contribution in [1.82, 2.24) is 5.32 Å². The molecule has 0 saturated heterocycles. The Kier molecular flexibility index (Phi) is 6.10. The second-order valence-electron chi connectivity index (χ2n) is 3.73. The van der Waals surface area contributed by atoms with Gasteiger partial charge in [-0.25, -0.2) is 0 Å². The molecule has 0 aliphatic rings. The fourth-order valence-corrected chi connectivity index (χ4v) is 1.44. The van der Waals surface area contributed by atoms with Gasteiger partial charge in [0.2, 0.25) is 5.91 Å². The van der Waals surface area contributed by atoms with Gasteiger partial charge in [-0.15, -0.1) is 0 Å². The van der Waals surface area contributed by atoms with Crippen molar-refractivity contribution in [1.29, 1.82) is 0 Å². The van der Waals surface area contributed by atoms with Crippen molar-refractivity contribution in [2.24, 2.45) is 0 Å². The summed E-state index contributed by atoms with van der Waals surface area (Å²) in [5.74, 6) is 0.632. The number of nitrogens with one attached hydrogen (secondary N) is 2. The highest BCUT2D eigenvalue weighted by molar-refractivity contribution is 5.90. The molecule has 1 amide bonds. The first-order valence-corrected chi connectivity index (χ1v) is 5.94. The number of hydrogen-bond acceptors (Lipinski definition) is 3. The molecule has 2 N–H and O–H groups in total. The van der Waals surface area contributed by atoms with Gasteiger partial charge in [-0.3, -0.25) is 4.79 Å². The molecule has 0 atom stereocenters. The molecule has 1 aromatic rings. The number of anilines is 1. The lowest BCUT2D eigenvalue weighted by Gasteiger charge is -2.11. The first-order valence-electron chi connectivity index (χ1n) is 5.94. The predicted octanol–water partition coefficient (Wildman–Crippen LogP) is 2.02. The van der Waals surface area contributed by atoms with Crippen molar-refractivity contribution in [2.45, 2.75) is 20.3 Å². The normalized spacial score (nSPS) is 10.0. The molecule has 0 radical (unpaired) electrons. The average molecular weight is 236 g/mol. The van der Waals surface area contributed by atoms with Crippen molar-refractivity contribution >= 4 is 11.6 Å². The van der Waals surface area contributed by atoms with Gasteiger partial charge < -0.3 is 15.4 Å². The third kappa shape index (κ3) is 5.36. The zero-order valence-electron chi connectivity index (χ0n) is 10.5. The Morgan fingerprint density at radius 1 is 1.35 bits per heavy atom. The Morgan fingerprint density at radius 3 is 2.82 bits per heavy atom. The molecule has 0 bridgehead atoms. The number of ether oxygens (including phenoxy) is 1. The lowest BCUT2D eigenvalue weighted by atomic mass is 10.3. The van der Waals surface area contributed by atoms with Crippen LogP contribution < -0.4 is 15.4 Å². The van der Waals surface area contributed by atoms with Crippen molar-refractivity contribution in [3.63, 3.8) is 0 Å². The van der Waals surface area contributed by atoms with Gasteiger partial charge in [0, 0.05) is 6.92 Å². The van der Waals surface area contributed by atoms with Crippen LogP contribution in [0.15, 0.2) is 24.3 Å². The van der Waals surface area contributed by atoms with Crippen molar-refractivity contribution < 1.29 is 9.53 Å². The second kappa shape index (κ2) is 7.68. The molecule has 4 heteroatoms. The highest BCUT2D eigenvalue weighted by Gasteiger charge is 2.03. The molecule has 0 spiro atoms. The SMILES string of the molecule is CCNCCCOc1ccccc1NC(C)=O. The number of hydrogen-bond donors (Lipinski definition) is 2. The number of benzene rings is 1. The molecule has 0 fully saturated rings. The zero-order chi connectivity index (χ0) is 12.5. The maximum Gasteiger partial charge on any atom is 0.221 e. The van der Waals surface area contributed by atoms with E-state index in [2.05, 4.69) is 17.6 Å². The maximum atomic E-state index is 11.0. The van der Waals surface area contributed by atoms with Crippen molar-refractivity contribution in [2.75, 3.05) is 25.0 Å². The van der Waals surface area contributed by atoms with E-state index in [4.69, 9.17) is 4.74 Å². The first-order chi connectivity index (χ1) is 8.24. The molecule has 17 heavy (non-hydrogen) atoms. The molecule has 4 nitrogen and oxygen atoms in total. The Balaban J connectivity index is 2.43. The Morgan fingerprint density at radius 2 is 2.12 bits per heavy atom. The molecular weight excluding hydrogens is 216 g/mol. The van der Waals surface area contributed by atoms with Gasteiger partial charge >= 0.3 is 0 Å². The summed E-state index contributed by atoms with van der Waals surface area (Å²) < 4.78 is 5.63. The largest absolute Gasteiger partial charge is 0.491 e. The summed E-state index contributed by atoms with van der Waals surface area (Å²) in [4.78, 5) is 11.0.